The van der Waals surface area contributed by atoms with E-state index in [0.717, 1.165) is 23.0 Å². The third kappa shape index (κ3) is 3.47. The lowest BCUT2D eigenvalue weighted by molar-refractivity contribution is 0.487. The number of nitrogens with one attached hydrogen (secondary N) is 1. The van der Waals surface area contributed by atoms with Gasteiger partial charge in [-0.2, -0.15) is 0 Å². The summed E-state index contributed by atoms with van der Waals surface area (Å²) in [5.41, 5.74) is 1.13. The van der Waals surface area contributed by atoms with E-state index in [9.17, 15) is 0 Å². The smallest absolute Gasteiger partial charge is 0.0634 e. The van der Waals surface area contributed by atoms with E-state index in [1.165, 1.54) is 19.3 Å². The zero-order valence-corrected chi connectivity index (χ0v) is 9.80. The molecule has 1 aromatic heterocycles. The molecule has 1 N–H and O–H groups in total. The summed E-state index contributed by atoms with van der Waals surface area (Å²) >= 11 is 6.02. The Labute approximate surface area is 96.1 Å². The van der Waals surface area contributed by atoms with E-state index >= 15 is 0 Å². The Morgan fingerprint density at radius 3 is 3.07 bits per heavy atom. The highest BCUT2D eigenvalue weighted by atomic mass is 35.5. The number of hydrogen-bond acceptors (Lipinski definition) is 2. The van der Waals surface area contributed by atoms with Crippen LogP contribution in [0.3, 0.4) is 0 Å². The largest absolute Gasteiger partial charge is 0.310 e. The summed E-state index contributed by atoms with van der Waals surface area (Å²) in [6.07, 6.45) is 7.62. The Morgan fingerprint density at radius 1 is 1.60 bits per heavy atom. The highest BCUT2D eigenvalue weighted by Gasteiger charge is 2.23. The average Bonchev–Trinajstić information content (AvgIpc) is 3.00. The SMILES string of the molecule is CC(CC1CC1)NCc1ccncc1Cl. The maximum Gasteiger partial charge on any atom is 0.0634 e. The quantitative estimate of drug-likeness (QED) is 0.832. The van der Waals surface area contributed by atoms with Gasteiger partial charge < -0.3 is 5.32 Å². The van der Waals surface area contributed by atoms with Gasteiger partial charge in [-0.1, -0.05) is 24.4 Å². The van der Waals surface area contributed by atoms with Crippen molar-refractivity contribution in [2.75, 3.05) is 0 Å². The van der Waals surface area contributed by atoms with Crippen LogP contribution in [0.4, 0.5) is 0 Å². The first kappa shape index (κ1) is 10.9. The Bertz CT molecular complexity index is 323. The molecule has 0 aliphatic heterocycles. The summed E-state index contributed by atoms with van der Waals surface area (Å²) in [6.45, 7) is 3.09. The van der Waals surface area contributed by atoms with Crippen molar-refractivity contribution in [1.29, 1.82) is 0 Å². The van der Waals surface area contributed by atoms with E-state index in [-0.39, 0.29) is 0 Å². The van der Waals surface area contributed by atoms with Gasteiger partial charge in [-0.25, -0.2) is 0 Å². The number of pyridine rings is 1. The standard InChI is InChI=1S/C12H17ClN2/c1-9(6-10-2-3-10)15-7-11-4-5-14-8-12(11)13/h4-5,8-10,15H,2-3,6-7H2,1H3. The van der Waals surface area contributed by atoms with Crippen LogP contribution in [0.1, 0.15) is 31.7 Å². The molecule has 0 bridgehead atoms. The summed E-state index contributed by atoms with van der Waals surface area (Å²) in [5.74, 6) is 0.973. The molecule has 3 heteroatoms. The number of halogens is 1. The zero-order chi connectivity index (χ0) is 10.7. The lowest BCUT2D eigenvalue weighted by atomic mass is 10.1. The average molecular weight is 225 g/mol. The van der Waals surface area contributed by atoms with Crippen LogP contribution in [-0.4, -0.2) is 11.0 Å². The molecule has 15 heavy (non-hydrogen) atoms. The Morgan fingerprint density at radius 2 is 2.40 bits per heavy atom. The fourth-order valence-corrected chi connectivity index (χ4v) is 1.95. The van der Waals surface area contributed by atoms with E-state index in [0.29, 0.717) is 6.04 Å². The Kier molecular flexibility index (Phi) is 3.60. The zero-order valence-electron chi connectivity index (χ0n) is 9.04. The first-order valence-corrected chi connectivity index (χ1v) is 5.95. The molecule has 1 unspecified atom stereocenters. The van der Waals surface area contributed by atoms with Gasteiger partial charge in [-0.3, -0.25) is 4.98 Å². The van der Waals surface area contributed by atoms with Gasteiger partial charge in [0.15, 0.2) is 0 Å². The normalized spacial score (nSPS) is 17.7. The molecule has 0 spiro atoms. The van der Waals surface area contributed by atoms with Crippen molar-refractivity contribution in [3.8, 4) is 0 Å². The van der Waals surface area contributed by atoms with Crippen molar-refractivity contribution in [2.45, 2.75) is 38.8 Å². The minimum Gasteiger partial charge on any atom is -0.310 e. The second-order valence-corrected chi connectivity index (χ2v) is 4.84. The van der Waals surface area contributed by atoms with E-state index in [1.54, 1.807) is 12.4 Å². The van der Waals surface area contributed by atoms with Crippen LogP contribution >= 0.6 is 11.6 Å². The third-order valence-electron chi connectivity index (χ3n) is 2.88. The molecule has 1 heterocycles. The van der Waals surface area contributed by atoms with E-state index in [2.05, 4.69) is 17.2 Å². The van der Waals surface area contributed by atoms with E-state index in [4.69, 9.17) is 11.6 Å². The van der Waals surface area contributed by atoms with Crippen molar-refractivity contribution >= 4 is 11.6 Å². The molecule has 1 aliphatic rings. The molecular formula is C12H17ClN2. The number of rotatable bonds is 5. The summed E-state index contributed by atoms with van der Waals surface area (Å²) in [5, 5.41) is 4.25. The fraction of sp³-hybridized carbons (Fsp3) is 0.583. The fourth-order valence-electron chi connectivity index (χ4n) is 1.77. The van der Waals surface area contributed by atoms with Crippen molar-refractivity contribution in [1.82, 2.24) is 10.3 Å². The molecule has 1 aliphatic carbocycles. The summed E-state index contributed by atoms with van der Waals surface area (Å²) in [7, 11) is 0. The van der Waals surface area contributed by atoms with Gasteiger partial charge in [0, 0.05) is 25.0 Å². The Hall–Kier alpha value is -0.600. The van der Waals surface area contributed by atoms with Crippen LogP contribution in [0.2, 0.25) is 5.02 Å². The van der Waals surface area contributed by atoms with Gasteiger partial charge in [0.05, 0.1) is 5.02 Å². The number of nitrogens with zero attached hydrogens (tertiary/aromatic N) is 1. The monoisotopic (exact) mass is 224 g/mol. The van der Waals surface area contributed by atoms with Gasteiger partial charge >= 0.3 is 0 Å². The highest BCUT2D eigenvalue weighted by molar-refractivity contribution is 6.31. The van der Waals surface area contributed by atoms with Gasteiger partial charge in [0.1, 0.15) is 0 Å². The molecule has 1 aromatic rings. The maximum absolute atomic E-state index is 6.02. The minimum atomic E-state index is 0.585. The van der Waals surface area contributed by atoms with Gasteiger partial charge in [0.2, 0.25) is 0 Å². The summed E-state index contributed by atoms with van der Waals surface area (Å²) < 4.78 is 0. The molecule has 2 rings (SSSR count). The molecule has 1 fully saturated rings. The molecule has 2 nitrogen and oxygen atoms in total. The van der Waals surface area contributed by atoms with E-state index in [1.807, 2.05) is 6.07 Å². The number of aromatic nitrogens is 1. The topological polar surface area (TPSA) is 24.9 Å². The van der Waals surface area contributed by atoms with E-state index < -0.39 is 0 Å². The van der Waals surface area contributed by atoms with Crippen molar-refractivity contribution in [3.63, 3.8) is 0 Å². The van der Waals surface area contributed by atoms with Gasteiger partial charge in [0.25, 0.3) is 0 Å². The maximum atomic E-state index is 6.02. The van der Waals surface area contributed by atoms with Crippen LogP contribution in [0.15, 0.2) is 18.5 Å². The summed E-state index contributed by atoms with van der Waals surface area (Å²) in [6, 6.07) is 2.56. The van der Waals surface area contributed by atoms with Crippen molar-refractivity contribution in [2.24, 2.45) is 5.92 Å². The van der Waals surface area contributed by atoms with Gasteiger partial charge in [-0.15, -0.1) is 0 Å². The molecule has 0 saturated heterocycles. The lowest BCUT2D eigenvalue weighted by Gasteiger charge is -2.13. The molecule has 0 aromatic carbocycles. The predicted molar refractivity (Wildman–Crippen MR) is 62.9 cm³/mol. The highest BCUT2D eigenvalue weighted by Crippen LogP contribution is 2.33. The van der Waals surface area contributed by atoms with Crippen LogP contribution in [0.5, 0.6) is 0 Å². The lowest BCUT2D eigenvalue weighted by Crippen LogP contribution is -2.26. The first-order valence-electron chi connectivity index (χ1n) is 5.57. The minimum absolute atomic E-state index is 0.585. The first-order chi connectivity index (χ1) is 7.25. The van der Waals surface area contributed by atoms with Gasteiger partial charge in [-0.05, 0) is 30.9 Å². The molecule has 0 amide bonds. The van der Waals surface area contributed by atoms with Crippen LogP contribution < -0.4 is 5.32 Å². The second kappa shape index (κ2) is 4.95. The van der Waals surface area contributed by atoms with Crippen LogP contribution in [0.25, 0.3) is 0 Å². The summed E-state index contributed by atoms with van der Waals surface area (Å²) in [4.78, 5) is 3.97. The molecule has 1 atom stereocenters. The predicted octanol–water partition coefficient (Wildman–Crippen LogP) is 3.01. The second-order valence-electron chi connectivity index (χ2n) is 4.43. The third-order valence-corrected chi connectivity index (χ3v) is 3.22. The molecule has 0 radical (unpaired) electrons. The number of hydrogen-bond donors (Lipinski definition) is 1. The molecule has 82 valence electrons. The molecular weight excluding hydrogens is 208 g/mol. The molecule has 1 saturated carbocycles. The van der Waals surface area contributed by atoms with Crippen LogP contribution in [0, 0.1) is 5.92 Å². The Balaban J connectivity index is 1.78. The van der Waals surface area contributed by atoms with Crippen molar-refractivity contribution in [3.05, 3.63) is 29.0 Å². The van der Waals surface area contributed by atoms with Crippen LogP contribution in [-0.2, 0) is 6.54 Å². The van der Waals surface area contributed by atoms with Crippen molar-refractivity contribution < 1.29 is 0 Å².